The number of amides is 1. The highest BCUT2D eigenvalue weighted by Crippen LogP contribution is 2.32. The molecule has 3 N–H and O–H groups in total. The van der Waals surface area contributed by atoms with Crippen molar-refractivity contribution < 1.29 is 9.21 Å². The predicted molar refractivity (Wildman–Crippen MR) is 56.5 cm³/mol. The molecule has 1 amide bonds. The summed E-state index contributed by atoms with van der Waals surface area (Å²) < 4.78 is 5.08. The molecule has 1 aromatic rings. The first-order chi connectivity index (χ1) is 7.20. The summed E-state index contributed by atoms with van der Waals surface area (Å²) in [4.78, 5) is 11.7. The maximum Gasteiger partial charge on any atom is 0.254 e. The highest BCUT2D eigenvalue weighted by Gasteiger charge is 2.31. The molecule has 0 radical (unpaired) electrons. The van der Waals surface area contributed by atoms with Crippen molar-refractivity contribution in [1.29, 1.82) is 0 Å². The minimum atomic E-state index is -0.0887. The zero-order valence-corrected chi connectivity index (χ0v) is 8.82. The zero-order chi connectivity index (χ0) is 10.8. The molecule has 2 rings (SSSR count). The van der Waals surface area contributed by atoms with Gasteiger partial charge in [-0.25, -0.2) is 0 Å². The van der Waals surface area contributed by atoms with Crippen LogP contribution in [0.15, 0.2) is 16.7 Å². The molecular formula is C11H16N2O2. The average Bonchev–Trinajstić information content (AvgIpc) is 2.97. The summed E-state index contributed by atoms with van der Waals surface area (Å²) in [7, 11) is 0. The number of carbonyl (C=O) groups is 1. The maximum atomic E-state index is 11.7. The molecule has 1 aliphatic rings. The fraction of sp³-hybridized carbons (Fsp3) is 0.545. The molecule has 1 atom stereocenters. The van der Waals surface area contributed by atoms with E-state index in [0.717, 1.165) is 5.76 Å². The molecule has 1 aromatic heterocycles. The number of aryl methyl sites for hydroxylation is 1. The Morgan fingerprint density at radius 1 is 1.73 bits per heavy atom. The van der Waals surface area contributed by atoms with Gasteiger partial charge in [0.05, 0.1) is 5.56 Å². The molecule has 0 bridgehead atoms. The van der Waals surface area contributed by atoms with Crippen molar-refractivity contribution in [2.75, 3.05) is 6.54 Å². The van der Waals surface area contributed by atoms with Crippen LogP contribution < -0.4 is 11.1 Å². The fourth-order valence-corrected chi connectivity index (χ4v) is 1.68. The standard InChI is InChI=1S/C11H16N2O2/c1-7-4-9(6-15-7)11(14)13-10(5-12)8-2-3-8/h4,6,8,10H,2-3,5,12H2,1H3,(H,13,14). The molecule has 82 valence electrons. The minimum Gasteiger partial charge on any atom is -0.469 e. The third-order valence-corrected chi connectivity index (χ3v) is 2.75. The van der Waals surface area contributed by atoms with E-state index in [9.17, 15) is 4.79 Å². The predicted octanol–water partition coefficient (Wildman–Crippen LogP) is 1.06. The summed E-state index contributed by atoms with van der Waals surface area (Å²) in [5.41, 5.74) is 6.18. The maximum absolute atomic E-state index is 11.7. The van der Waals surface area contributed by atoms with Crippen molar-refractivity contribution in [1.82, 2.24) is 5.32 Å². The lowest BCUT2D eigenvalue weighted by atomic mass is 10.1. The largest absolute Gasteiger partial charge is 0.469 e. The molecule has 4 heteroatoms. The van der Waals surface area contributed by atoms with Gasteiger partial charge in [0.25, 0.3) is 5.91 Å². The van der Waals surface area contributed by atoms with Gasteiger partial charge in [-0.3, -0.25) is 4.79 Å². The monoisotopic (exact) mass is 208 g/mol. The van der Waals surface area contributed by atoms with Crippen LogP contribution in [0.25, 0.3) is 0 Å². The fourth-order valence-electron chi connectivity index (χ4n) is 1.68. The zero-order valence-electron chi connectivity index (χ0n) is 8.82. The summed E-state index contributed by atoms with van der Waals surface area (Å²) in [5, 5.41) is 2.93. The van der Waals surface area contributed by atoms with E-state index < -0.39 is 0 Å². The Hall–Kier alpha value is -1.29. The molecule has 0 spiro atoms. The van der Waals surface area contributed by atoms with E-state index in [1.807, 2.05) is 6.92 Å². The molecule has 0 aromatic carbocycles. The molecule has 0 aliphatic heterocycles. The van der Waals surface area contributed by atoms with Crippen LogP contribution in [0.5, 0.6) is 0 Å². The van der Waals surface area contributed by atoms with E-state index in [2.05, 4.69) is 5.32 Å². The Kier molecular flexibility index (Phi) is 2.77. The van der Waals surface area contributed by atoms with Crippen molar-refractivity contribution in [3.63, 3.8) is 0 Å². The normalized spacial score (nSPS) is 17.5. The molecule has 1 fully saturated rings. The number of hydrogen-bond donors (Lipinski definition) is 2. The summed E-state index contributed by atoms with van der Waals surface area (Å²) in [6.07, 6.45) is 3.82. The lowest BCUT2D eigenvalue weighted by Gasteiger charge is -2.14. The first-order valence-electron chi connectivity index (χ1n) is 5.26. The third-order valence-electron chi connectivity index (χ3n) is 2.75. The van der Waals surface area contributed by atoms with Crippen molar-refractivity contribution in [3.8, 4) is 0 Å². The van der Waals surface area contributed by atoms with E-state index in [1.54, 1.807) is 6.07 Å². The third kappa shape index (κ3) is 2.39. The van der Waals surface area contributed by atoms with E-state index in [-0.39, 0.29) is 11.9 Å². The second kappa shape index (κ2) is 4.06. The van der Waals surface area contributed by atoms with Gasteiger partial charge in [-0.2, -0.15) is 0 Å². The number of furan rings is 1. The average molecular weight is 208 g/mol. The summed E-state index contributed by atoms with van der Waals surface area (Å²) in [5.74, 6) is 1.23. The topological polar surface area (TPSA) is 68.3 Å². The molecule has 4 nitrogen and oxygen atoms in total. The van der Waals surface area contributed by atoms with Gasteiger partial charge in [0, 0.05) is 12.6 Å². The molecule has 1 unspecified atom stereocenters. The number of carbonyl (C=O) groups excluding carboxylic acids is 1. The lowest BCUT2D eigenvalue weighted by molar-refractivity contribution is 0.0933. The van der Waals surface area contributed by atoms with Crippen molar-refractivity contribution in [3.05, 3.63) is 23.7 Å². The van der Waals surface area contributed by atoms with Crippen LogP contribution in [0.2, 0.25) is 0 Å². The Labute approximate surface area is 88.8 Å². The van der Waals surface area contributed by atoms with Crippen LogP contribution in [0.1, 0.15) is 29.0 Å². The number of hydrogen-bond acceptors (Lipinski definition) is 3. The van der Waals surface area contributed by atoms with Crippen LogP contribution in [0.4, 0.5) is 0 Å². The highest BCUT2D eigenvalue weighted by atomic mass is 16.3. The van der Waals surface area contributed by atoms with Crippen LogP contribution in [0.3, 0.4) is 0 Å². The molecule has 1 heterocycles. The van der Waals surface area contributed by atoms with Gasteiger partial charge < -0.3 is 15.5 Å². The van der Waals surface area contributed by atoms with Crippen LogP contribution in [-0.2, 0) is 0 Å². The van der Waals surface area contributed by atoms with E-state index in [0.29, 0.717) is 18.0 Å². The Balaban J connectivity index is 1.96. The van der Waals surface area contributed by atoms with Gasteiger partial charge in [-0.05, 0) is 31.7 Å². The Morgan fingerprint density at radius 3 is 2.93 bits per heavy atom. The van der Waals surface area contributed by atoms with Crippen molar-refractivity contribution in [2.45, 2.75) is 25.8 Å². The van der Waals surface area contributed by atoms with Crippen LogP contribution in [-0.4, -0.2) is 18.5 Å². The number of nitrogens with one attached hydrogen (secondary N) is 1. The van der Waals surface area contributed by atoms with E-state index in [4.69, 9.17) is 10.2 Å². The quantitative estimate of drug-likeness (QED) is 0.777. The molecule has 0 saturated heterocycles. The first kappa shape index (κ1) is 10.2. The van der Waals surface area contributed by atoms with Crippen LogP contribution in [0, 0.1) is 12.8 Å². The van der Waals surface area contributed by atoms with Gasteiger partial charge in [-0.15, -0.1) is 0 Å². The highest BCUT2D eigenvalue weighted by molar-refractivity contribution is 5.94. The summed E-state index contributed by atoms with van der Waals surface area (Å²) in [6, 6.07) is 1.85. The van der Waals surface area contributed by atoms with E-state index in [1.165, 1.54) is 19.1 Å². The Bertz CT molecular complexity index is 355. The smallest absolute Gasteiger partial charge is 0.254 e. The van der Waals surface area contributed by atoms with Crippen LogP contribution >= 0.6 is 0 Å². The first-order valence-corrected chi connectivity index (χ1v) is 5.26. The number of nitrogens with two attached hydrogens (primary N) is 1. The molecule has 1 aliphatic carbocycles. The molecular weight excluding hydrogens is 192 g/mol. The van der Waals surface area contributed by atoms with Gasteiger partial charge in [0.1, 0.15) is 12.0 Å². The van der Waals surface area contributed by atoms with Gasteiger partial charge >= 0.3 is 0 Å². The molecule has 15 heavy (non-hydrogen) atoms. The van der Waals surface area contributed by atoms with E-state index >= 15 is 0 Å². The lowest BCUT2D eigenvalue weighted by Crippen LogP contribution is -2.41. The van der Waals surface area contributed by atoms with Gasteiger partial charge in [0.15, 0.2) is 0 Å². The van der Waals surface area contributed by atoms with Crippen molar-refractivity contribution >= 4 is 5.91 Å². The Morgan fingerprint density at radius 2 is 2.47 bits per heavy atom. The van der Waals surface area contributed by atoms with Gasteiger partial charge in [-0.1, -0.05) is 0 Å². The SMILES string of the molecule is Cc1cc(C(=O)NC(CN)C2CC2)co1. The number of rotatable bonds is 4. The van der Waals surface area contributed by atoms with Crippen molar-refractivity contribution in [2.24, 2.45) is 11.7 Å². The second-order valence-electron chi connectivity index (χ2n) is 4.10. The minimum absolute atomic E-state index is 0.0887. The summed E-state index contributed by atoms with van der Waals surface area (Å²) in [6.45, 7) is 2.32. The van der Waals surface area contributed by atoms with Gasteiger partial charge in [0.2, 0.25) is 0 Å². The molecule has 1 saturated carbocycles. The second-order valence-corrected chi connectivity index (χ2v) is 4.10. The summed E-state index contributed by atoms with van der Waals surface area (Å²) >= 11 is 0.